The van der Waals surface area contributed by atoms with Crippen LogP contribution in [0.2, 0.25) is 0 Å². The lowest BCUT2D eigenvalue weighted by molar-refractivity contribution is 0.146. The third-order valence-electron chi connectivity index (χ3n) is 4.76. The van der Waals surface area contributed by atoms with Crippen molar-refractivity contribution >= 4 is 12.4 Å². The minimum atomic E-state index is -0.240. The molecule has 0 aliphatic carbocycles. The first-order valence-corrected chi connectivity index (χ1v) is 9.13. The van der Waals surface area contributed by atoms with Crippen molar-refractivity contribution in [3.05, 3.63) is 53.3 Å². The highest BCUT2D eigenvalue weighted by molar-refractivity contribution is 5.85. The number of β-amino-alcohol motifs (C(OH)–C–C–N with tert-alkyl or cyclic N) is 1. The molecule has 2 aromatic rings. The zero-order valence-electron chi connectivity index (χ0n) is 15.9. The molecule has 1 aliphatic heterocycles. The highest BCUT2D eigenvalue weighted by Crippen LogP contribution is 2.24. The largest absolute Gasteiger partial charge is 0.391 e. The summed E-state index contributed by atoms with van der Waals surface area (Å²) in [5, 5.41) is 21.5. The zero-order valence-corrected chi connectivity index (χ0v) is 16.7. The van der Waals surface area contributed by atoms with E-state index in [-0.39, 0.29) is 29.8 Å². The summed E-state index contributed by atoms with van der Waals surface area (Å²) in [5.74, 6) is 0.289. The van der Waals surface area contributed by atoms with Crippen LogP contribution in [0.4, 0.5) is 0 Å². The van der Waals surface area contributed by atoms with Gasteiger partial charge in [-0.15, -0.1) is 12.4 Å². The van der Waals surface area contributed by atoms with E-state index in [2.05, 4.69) is 61.9 Å². The van der Waals surface area contributed by atoms with Crippen LogP contribution in [0.3, 0.4) is 0 Å². The Morgan fingerprint density at radius 1 is 1.23 bits per heavy atom. The van der Waals surface area contributed by atoms with Crippen LogP contribution >= 0.6 is 12.4 Å². The fourth-order valence-electron chi connectivity index (χ4n) is 3.39. The summed E-state index contributed by atoms with van der Waals surface area (Å²) in [6, 6.07) is 10.4. The number of nitrogens with one attached hydrogen (secondary N) is 2. The molecule has 0 spiro atoms. The number of benzene rings is 1. The fourth-order valence-corrected chi connectivity index (χ4v) is 3.39. The second-order valence-electron chi connectivity index (χ2n) is 8.05. The molecule has 2 atom stereocenters. The van der Waals surface area contributed by atoms with E-state index < -0.39 is 0 Å². The van der Waals surface area contributed by atoms with Crippen LogP contribution in [0.15, 0.2) is 36.5 Å². The van der Waals surface area contributed by atoms with Gasteiger partial charge in [0.2, 0.25) is 0 Å². The number of nitrogens with zero attached hydrogens (tertiary/aromatic N) is 2. The molecule has 2 unspecified atom stereocenters. The number of aromatic nitrogens is 2. The fraction of sp³-hybridized carbons (Fsp3) is 0.550. The summed E-state index contributed by atoms with van der Waals surface area (Å²) in [7, 11) is 0. The summed E-state index contributed by atoms with van der Waals surface area (Å²) >= 11 is 0. The predicted octanol–water partition coefficient (Wildman–Crippen LogP) is 2.32. The van der Waals surface area contributed by atoms with Gasteiger partial charge in [-0.05, 0) is 5.56 Å². The van der Waals surface area contributed by atoms with Crippen LogP contribution in [0.25, 0.3) is 0 Å². The molecule has 2 heterocycles. The Hall–Kier alpha value is -1.40. The normalized spacial score (nSPS) is 20.2. The molecular formula is C20H31ClN4O. The minimum absolute atomic E-state index is 0. The summed E-state index contributed by atoms with van der Waals surface area (Å²) < 4.78 is 2.04. The van der Waals surface area contributed by atoms with Crippen molar-refractivity contribution in [2.45, 2.75) is 45.4 Å². The first kappa shape index (κ1) is 20.9. The van der Waals surface area contributed by atoms with E-state index in [1.165, 1.54) is 11.1 Å². The highest BCUT2D eigenvalue weighted by atomic mass is 35.5. The summed E-state index contributed by atoms with van der Waals surface area (Å²) in [6.07, 6.45) is 1.92. The number of halogens is 1. The van der Waals surface area contributed by atoms with Crippen molar-refractivity contribution < 1.29 is 5.11 Å². The van der Waals surface area contributed by atoms with Crippen molar-refractivity contribution in [2.24, 2.45) is 5.92 Å². The Balaban J connectivity index is 0.00000243. The second-order valence-corrected chi connectivity index (χ2v) is 8.05. The Labute approximate surface area is 162 Å². The molecule has 1 aromatic carbocycles. The Morgan fingerprint density at radius 3 is 2.58 bits per heavy atom. The van der Waals surface area contributed by atoms with E-state index in [0.717, 1.165) is 31.9 Å². The molecule has 6 heteroatoms. The molecule has 144 valence electrons. The molecule has 0 radical (unpaired) electrons. The Bertz CT molecular complexity index is 681. The predicted molar refractivity (Wildman–Crippen MR) is 108 cm³/mol. The maximum absolute atomic E-state index is 9.92. The lowest BCUT2D eigenvalue weighted by Gasteiger charge is -2.18. The van der Waals surface area contributed by atoms with E-state index in [1.807, 2.05) is 10.7 Å². The van der Waals surface area contributed by atoms with E-state index >= 15 is 0 Å². The van der Waals surface area contributed by atoms with Gasteiger partial charge in [0, 0.05) is 49.3 Å². The standard InChI is InChI=1S/C20H30N4O.ClH/c1-20(2,3)19-17(11-21-9-16-10-22-12-18(16)25)14-24(23-19)13-15-7-5-4-6-8-15;/h4-8,14,16,18,21-22,25H,9-13H2,1-3H3;1H. The number of rotatable bonds is 6. The van der Waals surface area contributed by atoms with Gasteiger partial charge >= 0.3 is 0 Å². The molecule has 1 fully saturated rings. The molecule has 26 heavy (non-hydrogen) atoms. The smallest absolute Gasteiger partial charge is 0.0723 e. The quantitative estimate of drug-likeness (QED) is 0.722. The lowest BCUT2D eigenvalue weighted by atomic mass is 9.89. The van der Waals surface area contributed by atoms with Gasteiger partial charge in [-0.3, -0.25) is 4.68 Å². The topological polar surface area (TPSA) is 62.1 Å². The molecule has 0 amide bonds. The first-order valence-electron chi connectivity index (χ1n) is 9.13. The van der Waals surface area contributed by atoms with Gasteiger partial charge in [-0.2, -0.15) is 5.10 Å². The van der Waals surface area contributed by atoms with Gasteiger partial charge in [0.05, 0.1) is 18.3 Å². The minimum Gasteiger partial charge on any atom is -0.391 e. The Kier molecular flexibility index (Phi) is 7.24. The SMILES string of the molecule is CC(C)(C)c1nn(Cc2ccccc2)cc1CNCC1CNCC1O.Cl. The van der Waals surface area contributed by atoms with Gasteiger partial charge in [-0.25, -0.2) is 0 Å². The average molecular weight is 379 g/mol. The molecule has 3 N–H and O–H groups in total. The van der Waals surface area contributed by atoms with Gasteiger partial charge in [0.25, 0.3) is 0 Å². The van der Waals surface area contributed by atoms with Gasteiger partial charge in [0.15, 0.2) is 0 Å². The van der Waals surface area contributed by atoms with Crippen LogP contribution in [0.5, 0.6) is 0 Å². The second kappa shape index (κ2) is 9.00. The molecule has 1 saturated heterocycles. The van der Waals surface area contributed by atoms with E-state index in [1.54, 1.807) is 0 Å². The number of hydrogen-bond donors (Lipinski definition) is 3. The first-order chi connectivity index (χ1) is 11.9. The van der Waals surface area contributed by atoms with Crippen LogP contribution in [0.1, 0.15) is 37.6 Å². The van der Waals surface area contributed by atoms with Crippen molar-refractivity contribution in [3.8, 4) is 0 Å². The van der Waals surface area contributed by atoms with Crippen LogP contribution in [-0.4, -0.2) is 40.6 Å². The van der Waals surface area contributed by atoms with Crippen LogP contribution in [-0.2, 0) is 18.5 Å². The zero-order chi connectivity index (χ0) is 17.9. The van der Waals surface area contributed by atoms with Crippen molar-refractivity contribution in [1.82, 2.24) is 20.4 Å². The molecule has 1 aliphatic rings. The molecule has 5 nitrogen and oxygen atoms in total. The van der Waals surface area contributed by atoms with Gasteiger partial charge in [0.1, 0.15) is 0 Å². The molecule has 1 aromatic heterocycles. The number of aliphatic hydroxyl groups excluding tert-OH is 1. The van der Waals surface area contributed by atoms with E-state index in [0.29, 0.717) is 6.54 Å². The molecule has 3 rings (SSSR count). The van der Waals surface area contributed by atoms with Crippen molar-refractivity contribution in [1.29, 1.82) is 0 Å². The van der Waals surface area contributed by atoms with E-state index in [4.69, 9.17) is 5.10 Å². The maximum Gasteiger partial charge on any atom is 0.0723 e. The molecule has 0 saturated carbocycles. The summed E-state index contributed by atoms with van der Waals surface area (Å²) in [4.78, 5) is 0. The third-order valence-corrected chi connectivity index (χ3v) is 4.76. The van der Waals surface area contributed by atoms with Gasteiger partial charge in [-0.1, -0.05) is 51.1 Å². The summed E-state index contributed by atoms with van der Waals surface area (Å²) in [6.45, 7) is 10.6. The maximum atomic E-state index is 9.92. The highest BCUT2D eigenvalue weighted by Gasteiger charge is 2.25. The Morgan fingerprint density at radius 2 is 1.96 bits per heavy atom. The third kappa shape index (κ3) is 5.30. The summed E-state index contributed by atoms with van der Waals surface area (Å²) in [5.41, 5.74) is 3.64. The van der Waals surface area contributed by atoms with Crippen molar-refractivity contribution in [3.63, 3.8) is 0 Å². The molecular weight excluding hydrogens is 348 g/mol. The lowest BCUT2D eigenvalue weighted by Crippen LogP contribution is -2.30. The van der Waals surface area contributed by atoms with Gasteiger partial charge < -0.3 is 15.7 Å². The molecule has 0 bridgehead atoms. The number of aliphatic hydroxyl groups is 1. The monoisotopic (exact) mass is 378 g/mol. The van der Waals surface area contributed by atoms with Crippen LogP contribution in [0, 0.1) is 5.92 Å². The number of hydrogen-bond acceptors (Lipinski definition) is 4. The van der Waals surface area contributed by atoms with Crippen LogP contribution < -0.4 is 10.6 Å². The van der Waals surface area contributed by atoms with E-state index in [9.17, 15) is 5.11 Å². The van der Waals surface area contributed by atoms with Crippen molar-refractivity contribution in [2.75, 3.05) is 19.6 Å². The average Bonchev–Trinajstić information content (AvgIpc) is 3.15.